The van der Waals surface area contributed by atoms with Gasteiger partial charge in [0.25, 0.3) is 0 Å². The van der Waals surface area contributed by atoms with Gasteiger partial charge < -0.3 is 10.2 Å². The summed E-state index contributed by atoms with van der Waals surface area (Å²) in [4.78, 5) is 22.4. The molecule has 0 aliphatic carbocycles. The van der Waals surface area contributed by atoms with Crippen LogP contribution >= 0.6 is 12.2 Å². The molecule has 0 unspecified atom stereocenters. The average molecular weight is 189 g/mol. The molecule has 0 heterocycles. The second kappa shape index (κ2) is 9.48. The lowest BCUT2D eigenvalue weighted by Crippen LogP contribution is -1.91. The van der Waals surface area contributed by atoms with Crippen molar-refractivity contribution in [3.8, 4) is 0 Å². The molecular formula is C6H7NO4S. The summed E-state index contributed by atoms with van der Waals surface area (Å²) < 4.78 is 0. The number of carbonyl (C=O) groups is 2. The van der Waals surface area contributed by atoms with E-state index in [1.165, 1.54) is 0 Å². The largest absolute Gasteiger partial charge is 0.478 e. The van der Waals surface area contributed by atoms with Gasteiger partial charge in [0.2, 0.25) is 0 Å². The monoisotopic (exact) mass is 189 g/mol. The highest BCUT2D eigenvalue weighted by Gasteiger charge is 1.88. The zero-order chi connectivity index (χ0) is 9.98. The molecule has 0 aliphatic rings. The van der Waals surface area contributed by atoms with Gasteiger partial charge in [0.05, 0.1) is 5.16 Å². The van der Waals surface area contributed by atoms with Crippen LogP contribution in [0.3, 0.4) is 0 Å². The van der Waals surface area contributed by atoms with Gasteiger partial charge in [0, 0.05) is 19.2 Å². The van der Waals surface area contributed by atoms with Crippen LogP contribution in [0.4, 0.5) is 0 Å². The van der Waals surface area contributed by atoms with Crippen molar-refractivity contribution in [3.63, 3.8) is 0 Å². The number of carboxylic acid groups (broad SMARTS) is 2. The van der Waals surface area contributed by atoms with Crippen molar-refractivity contribution in [3.05, 3.63) is 12.2 Å². The minimum absolute atomic E-state index is 0.558. The fourth-order valence-electron chi connectivity index (χ4n) is 0.143. The SMILES string of the molecule is CN=C=S.O=C(O)/C=C/C(=O)O. The Kier molecular flexibility index (Phi) is 10.3. The molecule has 66 valence electrons. The minimum atomic E-state index is -1.26. The lowest BCUT2D eigenvalue weighted by atomic mass is 10.5. The first-order chi connectivity index (χ1) is 5.54. The second-order valence-electron chi connectivity index (χ2n) is 1.32. The molecule has 0 spiro atoms. The third-order valence-electron chi connectivity index (χ3n) is 0.460. The Morgan fingerprint density at radius 2 is 1.58 bits per heavy atom. The number of isothiocyanates is 1. The molecule has 0 radical (unpaired) electrons. The van der Waals surface area contributed by atoms with Gasteiger partial charge >= 0.3 is 11.9 Å². The third-order valence-corrected chi connectivity index (χ3v) is 0.642. The summed E-state index contributed by atoms with van der Waals surface area (Å²) in [5.74, 6) is -2.51. The van der Waals surface area contributed by atoms with Gasteiger partial charge in [-0.3, -0.25) is 0 Å². The van der Waals surface area contributed by atoms with Crippen LogP contribution in [0.2, 0.25) is 0 Å². The van der Waals surface area contributed by atoms with Gasteiger partial charge in [-0.15, -0.1) is 0 Å². The average Bonchev–Trinajstić information content (AvgIpc) is 2.01. The standard InChI is InChI=1S/C4H4O4.C2H3NS/c5-3(6)1-2-4(7)8;1-3-2-4/h1-2H,(H,5,6)(H,7,8);1H3/b2-1+;. The van der Waals surface area contributed by atoms with Crippen molar-refractivity contribution >= 4 is 29.3 Å². The van der Waals surface area contributed by atoms with Gasteiger partial charge in [0.15, 0.2) is 0 Å². The van der Waals surface area contributed by atoms with E-state index in [4.69, 9.17) is 10.2 Å². The summed E-state index contributed by atoms with van der Waals surface area (Å²) in [5, 5.41) is 17.8. The van der Waals surface area contributed by atoms with E-state index >= 15 is 0 Å². The molecule has 0 aromatic carbocycles. The van der Waals surface area contributed by atoms with E-state index in [2.05, 4.69) is 22.4 Å². The van der Waals surface area contributed by atoms with Crippen LogP contribution in [-0.2, 0) is 9.59 Å². The molecule has 0 aromatic heterocycles. The summed E-state index contributed by atoms with van der Waals surface area (Å²) in [6.45, 7) is 0. The lowest BCUT2D eigenvalue weighted by Gasteiger charge is -1.74. The highest BCUT2D eigenvalue weighted by Crippen LogP contribution is 1.70. The predicted octanol–water partition coefficient (Wildman–Crippen LogP) is 0.431. The summed E-state index contributed by atoms with van der Waals surface area (Å²) in [6.07, 6.45) is 1.12. The quantitative estimate of drug-likeness (QED) is 0.373. The van der Waals surface area contributed by atoms with E-state index in [1.54, 1.807) is 7.05 Å². The third kappa shape index (κ3) is 23.6. The Balaban J connectivity index is 0. The summed E-state index contributed by atoms with van der Waals surface area (Å²) in [5.41, 5.74) is 0. The van der Waals surface area contributed by atoms with Crippen molar-refractivity contribution in [2.45, 2.75) is 0 Å². The number of aliphatic imine (C=N–C) groups is 1. The van der Waals surface area contributed by atoms with E-state index in [0.29, 0.717) is 12.2 Å². The number of carboxylic acids is 2. The first-order valence-electron chi connectivity index (χ1n) is 2.64. The summed E-state index contributed by atoms with van der Waals surface area (Å²) >= 11 is 4.14. The molecule has 12 heavy (non-hydrogen) atoms. The fourth-order valence-corrected chi connectivity index (χ4v) is 0.143. The number of hydrogen-bond donors (Lipinski definition) is 2. The molecule has 0 atom stereocenters. The zero-order valence-corrected chi connectivity index (χ0v) is 7.04. The number of nitrogens with zero attached hydrogens (tertiary/aromatic N) is 1. The number of rotatable bonds is 2. The van der Waals surface area contributed by atoms with Gasteiger partial charge in [-0.1, -0.05) is 0 Å². The van der Waals surface area contributed by atoms with Crippen LogP contribution in [-0.4, -0.2) is 34.4 Å². The van der Waals surface area contributed by atoms with Gasteiger partial charge in [-0.05, 0) is 12.2 Å². The molecule has 0 saturated heterocycles. The maximum atomic E-state index is 9.55. The molecule has 0 saturated carbocycles. The normalized spacial score (nSPS) is 7.75. The Hall–Kier alpha value is -1.52. The first kappa shape index (κ1) is 13.1. The molecule has 6 heteroatoms. The van der Waals surface area contributed by atoms with Gasteiger partial charge in [0.1, 0.15) is 0 Å². The number of hydrogen-bond acceptors (Lipinski definition) is 4. The van der Waals surface area contributed by atoms with Crippen molar-refractivity contribution < 1.29 is 19.8 Å². The lowest BCUT2D eigenvalue weighted by molar-refractivity contribution is -0.134. The van der Waals surface area contributed by atoms with Crippen LogP contribution in [0.25, 0.3) is 0 Å². The molecule has 0 aliphatic heterocycles. The predicted molar refractivity (Wildman–Crippen MR) is 45.4 cm³/mol. The summed E-state index contributed by atoms with van der Waals surface area (Å²) in [6, 6.07) is 0. The van der Waals surface area contributed by atoms with Gasteiger partial charge in [-0.25, -0.2) is 14.6 Å². The maximum Gasteiger partial charge on any atom is 0.328 e. The van der Waals surface area contributed by atoms with Crippen LogP contribution in [0.15, 0.2) is 17.1 Å². The Bertz CT molecular complexity index is 214. The van der Waals surface area contributed by atoms with Crippen LogP contribution < -0.4 is 0 Å². The topological polar surface area (TPSA) is 87.0 Å². The molecule has 0 aromatic rings. The van der Waals surface area contributed by atoms with Crippen molar-refractivity contribution in [1.29, 1.82) is 0 Å². The molecule has 5 nitrogen and oxygen atoms in total. The highest BCUT2D eigenvalue weighted by atomic mass is 32.1. The van der Waals surface area contributed by atoms with Crippen LogP contribution in [0.1, 0.15) is 0 Å². The van der Waals surface area contributed by atoms with Crippen LogP contribution in [0.5, 0.6) is 0 Å². The molecule has 2 N–H and O–H groups in total. The summed E-state index contributed by atoms with van der Waals surface area (Å²) in [7, 11) is 1.59. The van der Waals surface area contributed by atoms with Gasteiger partial charge in [-0.2, -0.15) is 0 Å². The van der Waals surface area contributed by atoms with Crippen molar-refractivity contribution in [1.82, 2.24) is 0 Å². The molecule has 0 bridgehead atoms. The number of thiocarbonyl (C=S) groups is 1. The molecule has 0 amide bonds. The molecular weight excluding hydrogens is 182 g/mol. The highest BCUT2D eigenvalue weighted by molar-refractivity contribution is 7.78. The Morgan fingerprint density at radius 3 is 1.67 bits per heavy atom. The smallest absolute Gasteiger partial charge is 0.328 e. The minimum Gasteiger partial charge on any atom is -0.478 e. The van der Waals surface area contributed by atoms with E-state index in [9.17, 15) is 9.59 Å². The van der Waals surface area contributed by atoms with E-state index in [1.807, 2.05) is 0 Å². The Labute approximate surface area is 74.0 Å². The van der Waals surface area contributed by atoms with Crippen molar-refractivity contribution in [2.24, 2.45) is 4.99 Å². The fraction of sp³-hybridized carbons (Fsp3) is 0.167. The molecule has 0 fully saturated rings. The van der Waals surface area contributed by atoms with E-state index in [0.717, 1.165) is 0 Å². The number of aliphatic carboxylic acids is 2. The zero-order valence-electron chi connectivity index (χ0n) is 6.22. The van der Waals surface area contributed by atoms with E-state index in [-0.39, 0.29) is 0 Å². The molecule has 0 rings (SSSR count). The maximum absolute atomic E-state index is 9.55. The second-order valence-corrected chi connectivity index (χ2v) is 1.51. The van der Waals surface area contributed by atoms with E-state index < -0.39 is 11.9 Å². The van der Waals surface area contributed by atoms with Crippen LogP contribution in [0, 0.1) is 0 Å². The first-order valence-corrected chi connectivity index (χ1v) is 3.05. The Morgan fingerprint density at radius 1 is 1.33 bits per heavy atom. The van der Waals surface area contributed by atoms with Crippen molar-refractivity contribution in [2.75, 3.05) is 7.05 Å².